The molecular formula is C31H31F4N5O. The second kappa shape index (κ2) is 12.2. The van der Waals surface area contributed by atoms with Gasteiger partial charge >= 0.3 is 6.18 Å². The first kappa shape index (κ1) is 28.5. The quantitative estimate of drug-likeness (QED) is 0.182. The van der Waals surface area contributed by atoms with Gasteiger partial charge in [-0.15, -0.1) is 0 Å². The Morgan fingerprint density at radius 2 is 1.78 bits per heavy atom. The monoisotopic (exact) mass is 565 g/mol. The normalized spacial score (nSPS) is 14.2. The van der Waals surface area contributed by atoms with Crippen LogP contribution in [0.5, 0.6) is 0 Å². The average molecular weight is 566 g/mol. The molecule has 0 saturated heterocycles. The van der Waals surface area contributed by atoms with E-state index in [-0.39, 0.29) is 23.1 Å². The molecule has 1 aliphatic rings. The van der Waals surface area contributed by atoms with Crippen LogP contribution in [0, 0.1) is 11.7 Å². The molecule has 1 fully saturated rings. The SMILES string of the molecule is CCNCc1cccc(-n2nc(C(F)(F)F)cc2C(=O)Nc2cc(C(NCC3CC3)c3ccccc3)ccc2F)c1. The number of alkyl halides is 3. The standard InChI is InChI=1S/C31H31F4N5O/c1-2-36-18-21-7-6-10-24(15-21)40-27(17-28(39-40)31(33,34)35)30(41)38-26-16-23(13-14-25(26)32)29(37-19-20-11-12-20)22-8-4-3-5-9-22/h3-10,13-17,20,29,36-37H,2,11-12,18-19H2,1H3,(H,38,41). The van der Waals surface area contributed by atoms with Crippen molar-refractivity contribution in [1.29, 1.82) is 0 Å². The Hall–Kier alpha value is -4.02. The van der Waals surface area contributed by atoms with Crippen LogP contribution in [-0.4, -0.2) is 28.8 Å². The van der Waals surface area contributed by atoms with Gasteiger partial charge in [0.1, 0.15) is 11.5 Å². The number of hydrogen-bond acceptors (Lipinski definition) is 4. The van der Waals surface area contributed by atoms with Crippen LogP contribution in [-0.2, 0) is 12.7 Å². The van der Waals surface area contributed by atoms with Gasteiger partial charge in [-0.2, -0.15) is 18.3 Å². The summed E-state index contributed by atoms with van der Waals surface area (Å²) in [6.07, 6.45) is -2.46. The number of amides is 1. The van der Waals surface area contributed by atoms with E-state index >= 15 is 0 Å². The number of aromatic nitrogens is 2. The predicted octanol–water partition coefficient (Wildman–Crippen LogP) is 6.48. The summed E-state index contributed by atoms with van der Waals surface area (Å²) >= 11 is 0. The van der Waals surface area contributed by atoms with Crippen molar-refractivity contribution in [3.05, 3.63) is 113 Å². The second-order valence-corrected chi connectivity index (χ2v) is 10.2. The van der Waals surface area contributed by atoms with E-state index in [0.29, 0.717) is 30.6 Å². The number of nitrogens with one attached hydrogen (secondary N) is 3. The molecule has 1 aliphatic carbocycles. The lowest BCUT2D eigenvalue weighted by molar-refractivity contribution is -0.141. The Morgan fingerprint density at radius 1 is 1.00 bits per heavy atom. The third-order valence-corrected chi connectivity index (χ3v) is 6.98. The summed E-state index contributed by atoms with van der Waals surface area (Å²) in [5, 5.41) is 12.9. The van der Waals surface area contributed by atoms with E-state index in [1.807, 2.05) is 43.3 Å². The van der Waals surface area contributed by atoms with E-state index in [2.05, 4.69) is 21.0 Å². The first-order valence-electron chi connectivity index (χ1n) is 13.6. The fourth-order valence-electron chi connectivity index (χ4n) is 4.63. The third-order valence-electron chi connectivity index (χ3n) is 6.98. The first-order valence-corrected chi connectivity index (χ1v) is 13.6. The van der Waals surface area contributed by atoms with Crippen LogP contribution >= 0.6 is 0 Å². The van der Waals surface area contributed by atoms with E-state index in [0.717, 1.165) is 35.2 Å². The van der Waals surface area contributed by atoms with E-state index in [4.69, 9.17) is 0 Å². The van der Waals surface area contributed by atoms with Crippen LogP contribution in [0.1, 0.15) is 58.7 Å². The lowest BCUT2D eigenvalue weighted by atomic mass is 9.97. The van der Waals surface area contributed by atoms with Gasteiger partial charge in [-0.3, -0.25) is 4.79 Å². The molecule has 3 aromatic carbocycles. The zero-order valence-electron chi connectivity index (χ0n) is 22.5. The molecule has 1 atom stereocenters. The van der Waals surface area contributed by atoms with Crippen molar-refractivity contribution in [1.82, 2.24) is 20.4 Å². The Bertz CT molecular complexity index is 1500. The van der Waals surface area contributed by atoms with Crippen molar-refractivity contribution in [2.45, 2.75) is 38.5 Å². The summed E-state index contributed by atoms with van der Waals surface area (Å²) in [5.41, 5.74) is 1.06. The van der Waals surface area contributed by atoms with Crippen LogP contribution in [0.3, 0.4) is 0 Å². The number of anilines is 1. The lowest BCUT2D eigenvalue weighted by Crippen LogP contribution is -2.25. The fraction of sp³-hybridized carbons (Fsp3) is 0.290. The summed E-state index contributed by atoms with van der Waals surface area (Å²) in [6, 6.07) is 21.2. The molecule has 1 aromatic heterocycles. The van der Waals surface area contributed by atoms with Crippen molar-refractivity contribution >= 4 is 11.6 Å². The Balaban J connectivity index is 1.47. The summed E-state index contributed by atoms with van der Waals surface area (Å²) in [6.45, 7) is 3.94. The number of halogens is 4. The van der Waals surface area contributed by atoms with Crippen molar-refractivity contribution in [2.24, 2.45) is 5.92 Å². The molecule has 5 rings (SSSR count). The maximum absolute atomic E-state index is 15.0. The highest BCUT2D eigenvalue weighted by Crippen LogP contribution is 2.32. The van der Waals surface area contributed by atoms with Crippen LogP contribution in [0.25, 0.3) is 5.69 Å². The van der Waals surface area contributed by atoms with Gasteiger partial charge in [-0.1, -0.05) is 55.5 Å². The second-order valence-electron chi connectivity index (χ2n) is 10.2. The lowest BCUT2D eigenvalue weighted by Gasteiger charge is -2.21. The third kappa shape index (κ3) is 7.01. The summed E-state index contributed by atoms with van der Waals surface area (Å²) in [4.78, 5) is 13.4. The molecule has 10 heteroatoms. The smallest absolute Gasteiger partial charge is 0.318 e. The van der Waals surface area contributed by atoms with Crippen LogP contribution in [0.2, 0.25) is 0 Å². The van der Waals surface area contributed by atoms with Gasteiger partial charge in [0.25, 0.3) is 5.91 Å². The Kier molecular flexibility index (Phi) is 8.51. The molecular weight excluding hydrogens is 534 g/mol. The predicted molar refractivity (Wildman–Crippen MR) is 149 cm³/mol. The van der Waals surface area contributed by atoms with Gasteiger partial charge in [-0.05, 0) is 72.8 Å². The maximum atomic E-state index is 15.0. The van der Waals surface area contributed by atoms with Gasteiger partial charge in [0.2, 0.25) is 0 Å². The number of carbonyl (C=O) groups is 1. The van der Waals surface area contributed by atoms with E-state index < -0.39 is 23.6 Å². The highest BCUT2D eigenvalue weighted by molar-refractivity contribution is 6.03. The van der Waals surface area contributed by atoms with Crippen molar-refractivity contribution in [3.63, 3.8) is 0 Å². The topological polar surface area (TPSA) is 71.0 Å². The fourth-order valence-corrected chi connectivity index (χ4v) is 4.63. The average Bonchev–Trinajstić information content (AvgIpc) is 3.67. The summed E-state index contributed by atoms with van der Waals surface area (Å²) in [5.74, 6) is -1.02. The molecule has 1 amide bonds. The highest BCUT2D eigenvalue weighted by Gasteiger charge is 2.36. The first-order chi connectivity index (χ1) is 19.7. The number of carbonyl (C=O) groups excluding carboxylic acids is 1. The zero-order valence-corrected chi connectivity index (χ0v) is 22.5. The number of rotatable bonds is 11. The minimum atomic E-state index is -4.77. The molecule has 41 heavy (non-hydrogen) atoms. The van der Waals surface area contributed by atoms with Crippen molar-refractivity contribution in [2.75, 3.05) is 18.4 Å². The number of benzene rings is 3. The Labute approximate surface area is 235 Å². The van der Waals surface area contributed by atoms with Crippen molar-refractivity contribution in [3.8, 4) is 5.69 Å². The van der Waals surface area contributed by atoms with Crippen LogP contribution in [0.4, 0.5) is 23.2 Å². The molecule has 1 saturated carbocycles. The van der Waals surface area contributed by atoms with E-state index in [1.165, 1.54) is 12.1 Å². The molecule has 214 valence electrons. The molecule has 1 heterocycles. The largest absolute Gasteiger partial charge is 0.435 e. The molecule has 1 unspecified atom stereocenters. The molecule has 0 bridgehead atoms. The summed E-state index contributed by atoms with van der Waals surface area (Å²) < 4.78 is 56.9. The Morgan fingerprint density at radius 3 is 2.49 bits per heavy atom. The molecule has 0 radical (unpaired) electrons. The van der Waals surface area contributed by atoms with Gasteiger partial charge in [-0.25, -0.2) is 9.07 Å². The number of hydrogen-bond donors (Lipinski definition) is 3. The molecule has 0 aliphatic heterocycles. The van der Waals surface area contributed by atoms with Gasteiger partial charge in [0.05, 0.1) is 17.4 Å². The van der Waals surface area contributed by atoms with Crippen molar-refractivity contribution < 1.29 is 22.4 Å². The molecule has 0 spiro atoms. The minimum Gasteiger partial charge on any atom is -0.318 e. The van der Waals surface area contributed by atoms with Crippen LogP contribution in [0.15, 0.2) is 78.9 Å². The van der Waals surface area contributed by atoms with Gasteiger partial charge in [0.15, 0.2) is 5.69 Å². The molecule has 6 nitrogen and oxygen atoms in total. The zero-order chi connectivity index (χ0) is 29.0. The summed E-state index contributed by atoms with van der Waals surface area (Å²) in [7, 11) is 0. The van der Waals surface area contributed by atoms with E-state index in [1.54, 1.807) is 24.3 Å². The minimum absolute atomic E-state index is 0.135. The maximum Gasteiger partial charge on any atom is 0.435 e. The van der Waals surface area contributed by atoms with Gasteiger partial charge in [0, 0.05) is 12.6 Å². The number of nitrogens with zero attached hydrogens (tertiary/aromatic N) is 2. The highest BCUT2D eigenvalue weighted by atomic mass is 19.4. The van der Waals surface area contributed by atoms with Crippen LogP contribution < -0.4 is 16.0 Å². The van der Waals surface area contributed by atoms with E-state index in [9.17, 15) is 22.4 Å². The molecule has 3 N–H and O–H groups in total. The van der Waals surface area contributed by atoms with Gasteiger partial charge < -0.3 is 16.0 Å². The molecule has 4 aromatic rings.